The lowest BCUT2D eigenvalue weighted by Gasteiger charge is -1.99. The summed E-state index contributed by atoms with van der Waals surface area (Å²) < 4.78 is 0.967. The molecule has 2 rings (SSSR count). The first-order valence-corrected chi connectivity index (χ1v) is 4.55. The Hall–Kier alpha value is -1.40. The number of hydrogen-bond donors (Lipinski definition) is 0. The molecule has 1 aromatic heterocycles. The standard InChI is InChI=1S/C10H5BrN2/c11-9-4-5-13-10-7(6-12)2-1-3-8(9)10/h1-5H. The molecule has 0 N–H and O–H groups in total. The van der Waals surface area contributed by atoms with E-state index in [4.69, 9.17) is 5.26 Å². The zero-order valence-corrected chi connectivity index (χ0v) is 8.25. The van der Waals surface area contributed by atoms with Crippen molar-refractivity contribution in [1.82, 2.24) is 4.98 Å². The molecule has 3 heteroatoms. The van der Waals surface area contributed by atoms with Crippen LogP contribution in [0.15, 0.2) is 34.9 Å². The largest absolute Gasteiger partial charge is 0.255 e. The van der Waals surface area contributed by atoms with Gasteiger partial charge < -0.3 is 0 Å². The summed E-state index contributed by atoms with van der Waals surface area (Å²) in [7, 11) is 0. The van der Waals surface area contributed by atoms with Gasteiger partial charge in [0.1, 0.15) is 6.07 Å². The highest BCUT2D eigenvalue weighted by molar-refractivity contribution is 9.10. The summed E-state index contributed by atoms with van der Waals surface area (Å²) in [6.07, 6.45) is 1.69. The van der Waals surface area contributed by atoms with E-state index in [1.165, 1.54) is 0 Å². The summed E-state index contributed by atoms with van der Waals surface area (Å²) in [6, 6.07) is 9.54. The lowest BCUT2D eigenvalue weighted by Crippen LogP contribution is -1.83. The Bertz CT molecular complexity index is 500. The number of nitrogens with zero attached hydrogens (tertiary/aromatic N) is 2. The van der Waals surface area contributed by atoms with Crippen molar-refractivity contribution in [3.63, 3.8) is 0 Å². The number of aromatic nitrogens is 1. The van der Waals surface area contributed by atoms with Gasteiger partial charge in [0, 0.05) is 16.1 Å². The Labute approximate surface area is 84.0 Å². The third-order valence-electron chi connectivity index (χ3n) is 1.84. The van der Waals surface area contributed by atoms with Gasteiger partial charge in [-0.05, 0) is 12.1 Å². The van der Waals surface area contributed by atoms with E-state index < -0.39 is 0 Å². The first-order valence-electron chi connectivity index (χ1n) is 3.76. The molecule has 13 heavy (non-hydrogen) atoms. The minimum Gasteiger partial charge on any atom is -0.255 e. The third-order valence-corrected chi connectivity index (χ3v) is 2.53. The van der Waals surface area contributed by atoms with Crippen LogP contribution in [-0.4, -0.2) is 4.98 Å². The Balaban J connectivity index is 2.94. The van der Waals surface area contributed by atoms with E-state index in [1.807, 2.05) is 18.2 Å². The molecule has 0 amide bonds. The lowest BCUT2D eigenvalue weighted by molar-refractivity contribution is 1.38. The molecule has 0 saturated carbocycles. The number of fused-ring (bicyclic) bond motifs is 1. The Morgan fingerprint density at radius 2 is 2.15 bits per heavy atom. The van der Waals surface area contributed by atoms with Crippen LogP contribution in [0, 0.1) is 11.3 Å². The summed E-state index contributed by atoms with van der Waals surface area (Å²) in [5.41, 5.74) is 1.36. The van der Waals surface area contributed by atoms with Gasteiger partial charge in [-0.3, -0.25) is 4.98 Å². The first-order chi connectivity index (χ1) is 6.33. The average molecular weight is 233 g/mol. The summed E-state index contributed by atoms with van der Waals surface area (Å²) in [6.45, 7) is 0. The van der Waals surface area contributed by atoms with Gasteiger partial charge in [-0.25, -0.2) is 0 Å². The van der Waals surface area contributed by atoms with Gasteiger partial charge in [-0.15, -0.1) is 0 Å². The molecule has 0 spiro atoms. The van der Waals surface area contributed by atoms with Gasteiger partial charge in [-0.2, -0.15) is 5.26 Å². The predicted octanol–water partition coefficient (Wildman–Crippen LogP) is 2.87. The van der Waals surface area contributed by atoms with Crippen LogP contribution in [0.25, 0.3) is 10.9 Å². The summed E-state index contributed by atoms with van der Waals surface area (Å²) in [5, 5.41) is 9.79. The SMILES string of the molecule is N#Cc1cccc2c(Br)ccnc12. The van der Waals surface area contributed by atoms with Crippen molar-refractivity contribution in [2.45, 2.75) is 0 Å². The molecule has 0 saturated heterocycles. The monoisotopic (exact) mass is 232 g/mol. The fourth-order valence-corrected chi connectivity index (χ4v) is 1.67. The molecular formula is C10H5BrN2. The molecule has 0 atom stereocenters. The number of halogens is 1. The number of para-hydroxylation sites is 1. The third kappa shape index (κ3) is 1.30. The van der Waals surface area contributed by atoms with Crippen LogP contribution >= 0.6 is 15.9 Å². The molecule has 0 aliphatic carbocycles. The number of hydrogen-bond acceptors (Lipinski definition) is 2. The number of nitriles is 1. The van der Waals surface area contributed by atoms with Crippen molar-refractivity contribution in [2.24, 2.45) is 0 Å². The molecule has 0 aliphatic heterocycles. The average Bonchev–Trinajstić information content (AvgIpc) is 2.18. The van der Waals surface area contributed by atoms with Crippen molar-refractivity contribution in [1.29, 1.82) is 5.26 Å². The molecule has 62 valence electrons. The highest BCUT2D eigenvalue weighted by atomic mass is 79.9. The first kappa shape index (κ1) is 8.21. The maximum atomic E-state index is 8.82. The molecule has 0 radical (unpaired) electrons. The second-order valence-electron chi connectivity index (χ2n) is 2.61. The van der Waals surface area contributed by atoms with Gasteiger partial charge >= 0.3 is 0 Å². The Morgan fingerprint density at radius 3 is 2.92 bits per heavy atom. The second-order valence-corrected chi connectivity index (χ2v) is 3.46. The van der Waals surface area contributed by atoms with Gasteiger partial charge in [0.05, 0.1) is 11.1 Å². The van der Waals surface area contributed by atoms with Crippen LogP contribution in [0.1, 0.15) is 5.56 Å². The van der Waals surface area contributed by atoms with Crippen molar-refractivity contribution in [2.75, 3.05) is 0 Å². The molecule has 0 unspecified atom stereocenters. The molecule has 0 fully saturated rings. The predicted molar refractivity (Wildman–Crippen MR) is 54.2 cm³/mol. The van der Waals surface area contributed by atoms with Crippen molar-refractivity contribution in [3.05, 3.63) is 40.5 Å². The molecule has 0 bridgehead atoms. The van der Waals surface area contributed by atoms with E-state index in [0.29, 0.717) is 5.56 Å². The number of rotatable bonds is 0. The minimum absolute atomic E-state index is 0.610. The van der Waals surface area contributed by atoms with Crippen LogP contribution in [0.3, 0.4) is 0 Å². The smallest absolute Gasteiger partial charge is 0.101 e. The van der Waals surface area contributed by atoms with Crippen LogP contribution in [0.5, 0.6) is 0 Å². The van der Waals surface area contributed by atoms with Gasteiger partial charge in [-0.1, -0.05) is 28.1 Å². The van der Waals surface area contributed by atoms with Gasteiger partial charge in [0.2, 0.25) is 0 Å². The van der Waals surface area contributed by atoms with E-state index in [9.17, 15) is 0 Å². The van der Waals surface area contributed by atoms with E-state index >= 15 is 0 Å². The van der Waals surface area contributed by atoms with E-state index in [1.54, 1.807) is 12.3 Å². The van der Waals surface area contributed by atoms with Crippen molar-refractivity contribution >= 4 is 26.8 Å². The van der Waals surface area contributed by atoms with Crippen LogP contribution in [0.2, 0.25) is 0 Å². The summed E-state index contributed by atoms with van der Waals surface area (Å²) in [4.78, 5) is 4.16. The quantitative estimate of drug-likeness (QED) is 0.701. The normalized spacial score (nSPS) is 9.85. The van der Waals surface area contributed by atoms with Crippen LogP contribution in [0.4, 0.5) is 0 Å². The molecule has 1 aromatic carbocycles. The zero-order valence-electron chi connectivity index (χ0n) is 6.66. The molecule has 2 nitrogen and oxygen atoms in total. The lowest BCUT2D eigenvalue weighted by atomic mass is 10.1. The van der Waals surface area contributed by atoms with E-state index in [2.05, 4.69) is 27.0 Å². The summed E-state index contributed by atoms with van der Waals surface area (Å²) in [5.74, 6) is 0. The van der Waals surface area contributed by atoms with Crippen molar-refractivity contribution < 1.29 is 0 Å². The van der Waals surface area contributed by atoms with Crippen LogP contribution < -0.4 is 0 Å². The van der Waals surface area contributed by atoms with Crippen LogP contribution in [-0.2, 0) is 0 Å². The number of benzene rings is 1. The van der Waals surface area contributed by atoms with Gasteiger partial charge in [0.15, 0.2) is 0 Å². The maximum Gasteiger partial charge on any atom is 0.101 e. The Kier molecular flexibility index (Phi) is 1.99. The summed E-state index contributed by atoms with van der Waals surface area (Å²) >= 11 is 3.41. The Morgan fingerprint density at radius 1 is 1.31 bits per heavy atom. The molecular weight excluding hydrogens is 228 g/mol. The molecule has 2 aromatic rings. The fraction of sp³-hybridized carbons (Fsp3) is 0. The highest BCUT2D eigenvalue weighted by Gasteiger charge is 2.02. The van der Waals surface area contributed by atoms with E-state index in [0.717, 1.165) is 15.4 Å². The maximum absolute atomic E-state index is 8.82. The molecule has 0 aliphatic rings. The molecule has 1 heterocycles. The zero-order chi connectivity index (χ0) is 9.26. The van der Waals surface area contributed by atoms with Crippen molar-refractivity contribution in [3.8, 4) is 6.07 Å². The van der Waals surface area contributed by atoms with E-state index in [-0.39, 0.29) is 0 Å². The fourth-order valence-electron chi connectivity index (χ4n) is 1.23. The second kappa shape index (κ2) is 3.15. The highest BCUT2D eigenvalue weighted by Crippen LogP contribution is 2.23. The number of pyridine rings is 1. The minimum atomic E-state index is 0.610. The topological polar surface area (TPSA) is 36.7 Å². The van der Waals surface area contributed by atoms with Gasteiger partial charge in [0.25, 0.3) is 0 Å².